The largest absolute Gasteiger partial charge is 0.368 e. The third-order valence-electron chi connectivity index (χ3n) is 2.88. The van der Waals surface area contributed by atoms with Gasteiger partial charge in [-0.1, -0.05) is 56.5 Å². The van der Waals surface area contributed by atoms with E-state index in [2.05, 4.69) is 49.7 Å². The molecule has 0 aromatic rings. The van der Waals surface area contributed by atoms with Crippen LogP contribution < -0.4 is 5.32 Å². The van der Waals surface area contributed by atoms with Crippen LogP contribution in [0.1, 0.15) is 19.8 Å². The van der Waals surface area contributed by atoms with Gasteiger partial charge in [0, 0.05) is 18.3 Å². The van der Waals surface area contributed by atoms with E-state index in [4.69, 9.17) is 0 Å². The molecular formula is C18H23N. The molecule has 0 aromatic heterocycles. The highest BCUT2D eigenvalue weighted by molar-refractivity contribution is 5.37. The van der Waals surface area contributed by atoms with Crippen LogP contribution in [-0.2, 0) is 0 Å². The summed E-state index contributed by atoms with van der Waals surface area (Å²) in [6, 6.07) is 0. The lowest BCUT2D eigenvalue weighted by molar-refractivity contribution is 0.738. The third-order valence-corrected chi connectivity index (χ3v) is 2.88. The fraction of sp³-hybridized carbons (Fsp3) is 0.222. The lowest BCUT2D eigenvalue weighted by Crippen LogP contribution is -2.07. The predicted molar refractivity (Wildman–Crippen MR) is 85.5 cm³/mol. The summed E-state index contributed by atoms with van der Waals surface area (Å²) in [5.74, 6) is 0.485. The Bertz CT molecular complexity index is 444. The molecule has 0 spiro atoms. The van der Waals surface area contributed by atoms with E-state index in [-0.39, 0.29) is 0 Å². The molecule has 1 aliphatic rings. The van der Waals surface area contributed by atoms with Gasteiger partial charge in [0.2, 0.25) is 0 Å². The Morgan fingerprint density at radius 1 is 1.37 bits per heavy atom. The van der Waals surface area contributed by atoms with Gasteiger partial charge in [-0.25, -0.2) is 0 Å². The van der Waals surface area contributed by atoms with Gasteiger partial charge in [-0.15, -0.1) is 0 Å². The minimum Gasteiger partial charge on any atom is -0.368 e. The normalized spacial score (nSPS) is 19.5. The Morgan fingerprint density at radius 2 is 2.21 bits per heavy atom. The SMILES string of the molecule is C=C/C=C(\C=C/N/C=C\C=C/CC)CC1C=CC1=C. The number of hydrogen-bond acceptors (Lipinski definition) is 1. The summed E-state index contributed by atoms with van der Waals surface area (Å²) >= 11 is 0. The monoisotopic (exact) mass is 253 g/mol. The Kier molecular flexibility index (Phi) is 7.11. The van der Waals surface area contributed by atoms with E-state index in [0.29, 0.717) is 5.92 Å². The van der Waals surface area contributed by atoms with Gasteiger partial charge in [-0.3, -0.25) is 0 Å². The average Bonchev–Trinajstić information content (AvgIpc) is 2.41. The lowest BCUT2D eigenvalue weighted by atomic mass is 9.84. The van der Waals surface area contributed by atoms with E-state index in [0.717, 1.165) is 12.8 Å². The van der Waals surface area contributed by atoms with Crippen molar-refractivity contribution in [2.45, 2.75) is 19.8 Å². The molecule has 0 heterocycles. The fourth-order valence-corrected chi connectivity index (χ4v) is 1.70. The van der Waals surface area contributed by atoms with Crippen molar-refractivity contribution in [3.8, 4) is 0 Å². The summed E-state index contributed by atoms with van der Waals surface area (Å²) in [7, 11) is 0. The maximum atomic E-state index is 3.99. The van der Waals surface area contributed by atoms with Gasteiger partial charge < -0.3 is 5.32 Å². The van der Waals surface area contributed by atoms with Crippen LogP contribution >= 0.6 is 0 Å². The van der Waals surface area contributed by atoms with Gasteiger partial charge >= 0.3 is 0 Å². The van der Waals surface area contributed by atoms with Crippen LogP contribution in [0.4, 0.5) is 0 Å². The first-order valence-corrected chi connectivity index (χ1v) is 6.70. The molecule has 0 saturated carbocycles. The fourth-order valence-electron chi connectivity index (χ4n) is 1.70. The molecule has 1 nitrogen and oxygen atoms in total. The molecule has 0 bridgehead atoms. The Labute approximate surface area is 117 Å². The second-order valence-electron chi connectivity index (χ2n) is 4.42. The van der Waals surface area contributed by atoms with Crippen molar-refractivity contribution in [3.63, 3.8) is 0 Å². The molecule has 0 fully saturated rings. The molecule has 0 amide bonds. The van der Waals surface area contributed by atoms with Crippen molar-refractivity contribution in [3.05, 3.63) is 85.3 Å². The maximum Gasteiger partial charge on any atom is 0.00556 e. The topological polar surface area (TPSA) is 12.0 Å². The molecule has 1 unspecified atom stereocenters. The second-order valence-corrected chi connectivity index (χ2v) is 4.42. The lowest BCUT2D eigenvalue weighted by Gasteiger charge is -2.21. The van der Waals surface area contributed by atoms with Crippen LogP contribution in [0.5, 0.6) is 0 Å². The van der Waals surface area contributed by atoms with Crippen molar-refractivity contribution >= 4 is 0 Å². The zero-order valence-corrected chi connectivity index (χ0v) is 11.7. The van der Waals surface area contributed by atoms with Crippen LogP contribution in [0.25, 0.3) is 0 Å². The van der Waals surface area contributed by atoms with E-state index in [1.54, 1.807) is 0 Å². The first-order chi connectivity index (χ1) is 9.27. The van der Waals surface area contributed by atoms with Crippen LogP contribution in [0, 0.1) is 5.92 Å². The first-order valence-electron chi connectivity index (χ1n) is 6.70. The standard InChI is InChI=1S/C18H23N/c1-4-6-7-8-13-19-14-12-17(9-5-2)15-18-11-10-16(18)3/h5-14,18-19H,2-4,15H2,1H3/b7-6-,13-8-,14-12-,17-9+. The Hall–Kier alpha value is -2.02. The summed E-state index contributed by atoms with van der Waals surface area (Å²) < 4.78 is 0. The minimum atomic E-state index is 0.485. The van der Waals surface area contributed by atoms with Crippen molar-refractivity contribution in [2.24, 2.45) is 5.92 Å². The van der Waals surface area contributed by atoms with Crippen molar-refractivity contribution in [2.75, 3.05) is 0 Å². The summed E-state index contributed by atoms with van der Waals surface area (Å²) in [5, 5.41) is 3.13. The molecule has 0 saturated heterocycles. The van der Waals surface area contributed by atoms with Crippen LogP contribution in [0.3, 0.4) is 0 Å². The van der Waals surface area contributed by atoms with E-state index >= 15 is 0 Å². The van der Waals surface area contributed by atoms with Gasteiger partial charge in [-0.05, 0) is 36.1 Å². The van der Waals surface area contributed by atoms with E-state index in [1.165, 1.54) is 11.1 Å². The van der Waals surface area contributed by atoms with Gasteiger partial charge in [0.25, 0.3) is 0 Å². The highest BCUT2D eigenvalue weighted by atomic mass is 14.8. The number of allylic oxidation sites excluding steroid dienone is 10. The van der Waals surface area contributed by atoms with Crippen molar-refractivity contribution < 1.29 is 0 Å². The maximum absolute atomic E-state index is 3.99. The van der Waals surface area contributed by atoms with Crippen LogP contribution in [-0.4, -0.2) is 0 Å². The van der Waals surface area contributed by atoms with E-state index in [1.807, 2.05) is 36.7 Å². The third kappa shape index (κ3) is 5.91. The summed E-state index contributed by atoms with van der Waals surface area (Å²) in [6.07, 6.45) is 22.2. The van der Waals surface area contributed by atoms with Gasteiger partial charge in [-0.2, -0.15) is 0 Å². The molecule has 1 atom stereocenters. The molecule has 1 aliphatic carbocycles. The molecule has 0 radical (unpaired) electrons. The van der Waals surface area contributed by atoms with Crippen molar-refractivity contribution in [1.29, 1.82) is 0 Å². The molecule has 1 rings (SSSR count). The van der Waals surface area contributed by atoms with E-state index in [9.17, 15) is 0 Å². The molecule has 100 valence electrons. The predicted octanol–water partition coefficient (Wildman–Crippen LogP) is 4.81. The van der Waals surface area contributed by atoms with Crippen molar-refractivity contribution in [1.82, 2.24) is 5.32 Å². The molecule has 1 N–H and O–H groups in total. The molecule has 19 heavy (non-hydrogen) atoms. The van der Waals surface area contributed by atoms with Crippen LogP contribution in [0.15, 0.2) is 85.3 Å². The number of nitrogens with one attached hydrogen (secondary N) is 1. The second kappa shape index (κ2) is 8.98. The molecule has 0 aliphatic heterocycles. The van der Waals surface area contributed by atoms with Gasteiger partial charge in [0.1, 0.15) is 0 Å². The highest BCUT2D eigenvalue weighted by Gasteiger charge is 2.14. The zero-order chi connectivity index (χ0) is 13.9. The summed E-state index contributed by atoms with van der Waals surface area (Å²) in [4.78, 5) is 0. The Balaban J connectivity index is 2.41. The smallest absolute Gasteiger partial charge is 0.00556 e. The Morgan fingerprint density at radius 3 is 2.79 bits per heavy atom. The molecular weight excluding hydrogens is 230 g/mol. The minimum absolute atomic E-state index is 0.485. The van der Waals surface area contributed by atoms with Crippen LogP contribution in [0.2, 0.25) is 0 Å². The van der Waals surface area contributed by atoms with Gasteiger partial charge in [0.15, 0.2) is 0 Å². The van der Waals surface area contributed by atoms with Gasteiger partial charge in [0.05, 0.1) is 0 Å². The number of hydrogen-bond donors (Lipinski definition) is 1. The summed E-state index contributed by atoms with van der Waals surface area (Å²) in [5.41, 5.74) is 2.46. The first kappa shape index (κ1) is 15.0. The molecule has 0 aromatic carbocycles. The zero-order valence-electron chi connectivity index (χ0n) is 11.7. The average molecular weight is 253 g/mol. The summed E-state index contributed by atoms with van der Waals surface area (Å²) in [6.45, 7) is 9.87. The number of rotatable bonds is 8. The highest BCUT2D eigenvalue weighted by Crippen LogP contribution is 2.29. The van der Waals surface area contributed by atoms with E-state index < -0.39 is 0 Å². The molecule has 1 heteroatoms. The quantitative estimate of drug-likeness (QED) is 0.612.